The van der Waals surface area contributed by atoms with Crippen molar-refractivity contribution >= 4 is 23.0 Å². The first kappa shape index (κ1) is 20.1. The van der Waals surface area contributed by atoms with Crippen molar-refractivity contribution in [2.45, 2.75) is 33.1 Å². The van der Waals surface area contributed by atoms with Crippen LogP contribution in [-0.2, 0) is 30.9 Å². The topological polar surface area (TPSA) is 33.3 Å². The summed E-state index contributed by atoms with van der Waals surface area (Å²) >= 11 is 5.38. The predicted octanol–water partition coefficient (Wildman–Crippen LogP) is 5.45. The Bertz CT molecular complexity index is 861. The van der Waals surface area contributed by atoms with Crippen LogP contribution in [0.2, 0.25) is 0 Å². The van der Waals surface area contributed by atoms with Gasteiger partial charge >= 0.3 is 0 Å². The Balaban J connectivity index is 1.40. The number of aryl methyl sites for hydroxylation is 1. The number of rotatable bonds is 8. The first-order chi connectivity index (χ1) is 13.7. The van der Waals surface area contributed by atoms with E-state index in [1.807, 2.05) is 18.2 Å². The summed E-state index contributed by atoms with van der Waals surface area (Å²) in [5.41, 5.74) is 5.85. The molecule has 3 aromatic rings. The third-order valence-electron chi connectivity index (χ3n) is 4.48. The Hall–Kier alpha value is -2.69. The van der Waals surface area contributed by atoms with Crippen molar-refractivity contribution in [3.8, 4) is 0 Å². The van der Waals surface area contributed by atoms with Crippen LogP contribution in [0.25, 0.3) is 0 Å². The van der Waals surface area contributed by atoms with Crippen LogP contribution in [0.3, 0.4) is 0 Å². The molecule has 4 heteroatoms. The standard InChI is InChI=1S/C24H26N2OS/c1-2-19-12-14-23(15-13-19)26-24(28)25-16-20-8-10-22(11-9-20)18-27-17-21-6-4-3-5-7-21/h3-15H,2,16-18H2,1H3,(H2,25,26,28). The van der Waals surface area contributed by atoms with Crippen LogP contribution in [0, 0.1) is 0 Å². The van der Waals surface area contributed by atoms with Gasteiger partial charge in [0.15, 0.2) is 5.11 Å². The molecule has 28 heavy (non-hydrogen) atoms. The summed E-state index contributed by atoms with van der Waals surface area (Å²) in [7, 11) is 0. The third kappa shape index (κ3) is 6.48. The Morgan fingerprint density at radius 2 is 1.32 bits per heavy atom. The molecule has 0 aromatic heterocycles. The second-order valence-electron chi connectivity index (χ2n) is 6.65. The Kier molecular flexibility index (Phi) is 7.59. The third-order valence-corrected chi connectivity index (χ3v) is 4.72. The van der Waals surface area contributed by atoms with Gasteiger partial charge in [0.05, 0.1) is 13.2 Å². The van der Waals surface area contributed by atoms with E-state index in [0.717, 1.165) is 17.7 Å². The van der Waals surface area contributed by atoms with Crippen molar-refractivity contribution in [2.24, 2.45) is 0 Å². The van der Waals surface area contributed by atoms with E-state index in [-0.39, 0.29) is 0 Å². The minimum Gasteiger partial charge on any atom is -0.372 e. The summed E-state index contributed by atoms with van der Waals surface area (Å²) in [6.45, 7) is 4.07. The summed E-state index contributed by atoms with van der Waals surface area (Å²) < 4.78 is 5.78. The molecule has 0 fully saturated rings. The molecule has 0 radical (unpaired) electrons. The van der Waals surface area contributed by atoms with Crippen LogP contribution in [0.1, 0.15) is 29.2 Å². The van der Waals surface area contributed by atoms with Gasteiger partial charge < -0.3 is 15.4 Å². The minimum absolute atomic E-state index is 0.607. The van der Waals surface area contributed by atoms with Gasteiger partial charge in [-0.1, -0.05) is 73.7 Å². The van der Waals surface area contributed by atoms with Gasteiger partial charge in [0.25, 0.3) is 0 Å². The summed E-state index contributed by atoms with van der Waals surface area (Å²) in [4.78, 5) is 0. The zero-order valence-corrected chi connectivity index (χ0v) is 17.0. The Labute approximate surface area is 172 Å². The van der Waals surface area contributed by atoms with Gasteiger partial charge in [-0.2, -0.15) is 0 Å². The SMILES string of the molecule is CCc1ccc(NC(=S)NCc2ccc(COCc3ccccc3)cc2)cc1. The zero-order chi connectivity index (χ0) is 19.6. The minimum atomic E-state index is 0.607. The summed E-state index contributed by atoms with van der Waals surface area (Å²) in [6, 6.07) is 27.0. The highest BCUT2D eigenvalue weighted by molar-refractivity contribution is 7.80. The predicted molar refractivity (Wildman–Crippen MR) is 120 cm³/mol. The normalized spacial score (nSPS) is 10.5. The Morgan fingerprint density at radius 1 is 0.750 bits per heavy atom. The van der Waals surface area contributed by atoms with Gasteiger partial charge in [-0.25, -0.2) is 0 Å². The molecule has 0 spiro atoms. The summed E-state index contributed by atoms with van der Waals surface area (Å²) in [5, 5.41) is 7.09. The molecule has 0 aliphatic heterocycles. The average molecular weight is 391 g/mol. The molecule has 0 atom stereocenters. The zero-order valence-electron chi connectivity index (χ0n) is 16.2. The lowest BCUT2D eigenvalue weighted by Crippen LogP contribution is -2.27. The van der Waals surface area contributed by atoms with E-state index >= 15 is 0 Å². The maximum atomic E-state index is 5.78. The molecule has 0 aliphatic carbocycles. The van der Waals surface area contributed by atoms with Gasteiger partial charge in [0.1, 0.15) is 0 Å². The lowest BCUT2D eigenvalue weighted by molar-refractivity contribution is 0.107. The highest BCUT2D eigenvalue weighted by atomic mass is 32.1. The van der Waals surface area contributed by atoms with Crippen LogP contribution < -0.4 is 10.6 Å². The van der Waals surface area contributed by atoms with E-state index < -0.39 is 0 Å². The molecule has 0 bridgehead atoms. The van der Waals surface area contributed by atoms with Crippen LogP contribution in [0.4, 0.5) is 5.69 Å². The molecule has 0 saturated heterocycles. The van der Waals surface area contributed by atoms with Crippen LogP contribution in [-0.4, -0.2) is 5.11 Å². The van der Waals surface area contributed by atoms with Crippen molar-refractivity contribution in [3.05, 3.63) is 101 Å². The molecule has 3 aromatic carbocycles. The number of nitrogens with one attached hydrogen (secondary N) is 2. The average Bonchev–Trinajstić information content (AvgIpc) is 2.74. The summed E-state index contributed by atoms with van der Waals surface area (Å²) in [5.74, 6) is 0. The molecule has 0 amide bonds. The van der Waals surface area contributed by atoms with E-state index in [0.29, 0.717) is 24.9 Å². The van der Waals surface area contributed by atoms with E-state index in [4.69, 9.17) is 17.0 Å². The second kappa shape index (κ2) is 10.6. The fraction of sp³-hybridized carbons (Fsp3) is 0.208. The highest BCUT2D eigenvalue weighted by Gasteiger charge is 2.00. The van der Waals surface area contributed by atoms with Gasteiger partial charge in [-0.05, 0) is 53.0 Å². The van der Waals surface area contributed by atoms with Crippen molar-refractivity contribution in [2.75, 3.05) is 5.32 Å². The second-order valence-corrected chi connectivity index (χ2v) is 7.06. The van der Waals surface area contributed by atoms with Crippen molar-refractivity contribution < 1.29 is 4.74 Å². The molecular formula is C24H26N2OS. The molecule has 0 saturated carbocycles. The number of hydrogen-bond acceptors (Lipinski definition) is 2. The lowest BCUT2D eigenvalue weighted by Gasteiger charge is -2.11. The molecule has 0 unspecified atom stereocenters. The van der Waals surface area contributed by atoms with Gasteiger partial charge in [0, 0.05) is 12.2 Å². The Morgan fingerprint density at radius 3 is 1.96 bits per heavy atom. The maximum Gasteiger partial charge on any atom is 0.171 e. The molecule has 3 rings (SSSR count). The van der Waals surface area contributed by atoms with Crippen molar-refractivity contribution in [1.82, 2.24) is 5.32 Å². The molecular weight excluding hydrogens is 364 g/mol. The van der Waals surface area contributed by atoms with Crippen LogP contribution in [0.5, 0.6) is 0 Å². The number of thiocarbonyl (C=S) groups is 1. The lowest BCUT2D eigenvalue weighted by atomic mass is 10.1. The van der Waals surface area contributed by atoms with Crippen LogP contribution in [0.15, 0.2) is 78.9 Å². The van der Waals surface area contributed by atoms with Crippen molar-refractivity contribution in [3.63, 3.8) is 0 Å². The van der Waals surface area contributed by atoms with E-state index in [2.05, 4.69) is 78.2 Å². The molecule has 3 nitrogen and oxygen atoms in total. The number of hydrogen-bond donors (Lipinski definition) is 2. The monoisotopic (exact) mass is 390 g/mol. The van der Waals surface area contributed by atoms with Gasteiger partial charge in [0.2, 0.25) is 0 Å². The van der Waals surface area contributed by atoms with Gasteiger partial charge in [-0.3, -0.25) is 0 Å². The first-order valence-corrected chi connectivity index (χ1v) is 9.97. The van der Waals surface area contributed by atoms with Crippen molar-refractivity contribution in [1.29, 1.82) is 0 Å². The fourth-order valence-corrected chi connectivity index (χ4v) is 2.99. The van der Waals surface area contributed by atoms with Gasteiger partial charge in [-0.15, -0.1) is 0 Å². The van der Waals surface area contributed by atoms with E-state index in [1.54, 1.807) is 0 Å². The molecule has 0 aliphatic rings. The molecule has 144 valence electrons. The number of anilines is 1. The smallest absolute Gasteiger partial charge is 0.171 e. The largest absolute Gasteiger partial charge is 0.372 e. The quantitative estimate of drug-likeness (QED) is 0.501. The fourth-order valence-electron chi connectivity index (χ4n) is 2.80. The number of ether oxygens (including phenoxy) is 1. The maximum absolute atomic E-state index is 5.78. The first-order valence-electron chi connectivity index (χ1n) is 9.56. The van der Waals surface area contributed by atoms with E-state index in [1.165, 1.54) is 16.7 Å². The highest BCUT2D eigenvalue weighted by Crippen LogP contribution is 2.11. The molecule has 2 N–H and O–H groups in total. The van der Waals surface area contributed by atoms with E-state index in [9.17, 15) is 0 Å². The number of benzene rings is 3. The molecule has 0 heterocycles. The summed E-state index contributed by atoms with van der Waals surface area (Å²) in [6.07, 6.45) is 1.04. The van der Waals surface area contributed by atoms with Crippen LogP contribution >= 0.6 is 12.2 Å².